The number of aryl methyl sites for hydroxylation is 1. The van der Waals surface area contributed by atoms with Gasteiger partial charge in [-0.1, -0.05) is 11.6 Å². The number of halogens is 1. The lowest BCUT2D eigenvalue weighted by Gasteiger charge is -2.13. The van der Waals surface area contributed by atoms with Gasteiger partial charge >= 0.3 is 0 Å². The van der Waals surface area contributed by atoms with E-state index in [4.69, 9.17) is 16.3 Å². The number of aliphatic hydroxyl groups excluding tert-OH is 1. The van der Waals surface area contributed by atoms with Crippen LogP contribution in [0.5, 0.6) is 5.75 Å². The van der Waals surface area contributed by atoms with Crippen LogP contribution in [0.1, 0.15) is 31.1 Å². The van der Waals surface area contributed by atoms with E-state index in [9.17, 15) is 5.11 Å². The summed E-state index contributed by atoms with van der Waals surface area (Å²) < 4.78 is 7.57. The fourth-order valence-corrected chi connectivity index (χ4v) is 1.97. The summed E-state index contributed by atoms with van der Waals surface area (Å²) in [5.41, 5.74) is 1.68. The molecule has 0 fully saturated rings. The van der Waals surface area contributed by atoms with E-state index in [1.807, 2.05) is 17.8 Å². The van der Waals surface area contributed by atoms with Gasteiger partial charge in [-0.25, -0.2) is 0 Å². The summed E-state index contributed by atoms with van der Waals surface area (Å²) in [6.45, 7) is 4.97. The maximum absolute atomic E-state index is 9.71. The molecule has 1 atom stereocenters. The Balaban J connectivity index is 2.10. The van der Waals surface area contributed by atoms with Gasteiger partial charge in [0.1, 0.15) is 12.4 Å². The van der Waals surface area contributed by atoms with Crippen molar-refractivity contribution in [3.63, 3.8) is 0 Å². The van der Waals surface area contributed by atoms with Crippen molar-refractivity contribution < 1.29 is 9.84 Å². The van der Waals surface area contributed by atoms with Gasteiger partial charge in [0, 0.05) is 28.9 Å². The number of rotatable bonds is 5. The van der Waals surface area contributed by atoms with Crippen molar-refractivity contribution >= 4 is 11.6 Å². The van der Waals surface area contributed by atoms with Crippen molar-refractivity contribution in [3.05, 3.63) is 46.7 Å². The smallest absolute Gasteiger partial charge is 0.125 e. The summed E-state index contributed by atoms with van der Waals surface area (Å²) in [4.78, 5) is 0. The largest absolute Gasteiger partial charge is 0.488 e. The molecule has 2 rings (SSSR count). The molecule has 1 aromatic carbocycles. The maximum Gasteiger partial charge on any atom is 0.125 e. The van der Waals surface area contributed by atoms with Crippen LogP contribution in [-0.2, 0) is 13.2 Å². The van der Waals surface area contributed by atoms with Gasteiger partial charge in [0.05, 0.1) is 12.3 Å². The number of aromatic nitrogens is 2. The second kappa shape index (κ2) is 6.08. The summed E-state index contributed by atoms with van der Waals surface area (Å²) in [6, 6.07) is 5.24. The third-order valence-electron chi connectivity index (χ3n) is 2.83. The molecule has 0 aliphatic heterocycles. The zero-order valence-corrected chi connectivity index (χ0v) is 11.8. The highest BCUT2D eigenvalue weighted by Gasteiger charge is 2.10. The van der Waals surface area contributed by atoms with Gasteiger partial charge in [-0.3, -0.25) is 4.68 Å². The Morgan fingerprint density at radius 1 is 1.47 bits per heavy atom. The van der Waals surface area contributed by atoms with Gasteiger partial charge in [-0.05, 0) is 32.0 Å². The van der Waals surface area contributed by atoms with Crippen molar-refractivity contribution in [2.45, 2.75) is 33.1 Å². The molecule has 0 bridgehead atoms. The van der Waals surface area contributed by atoms with Crippen LogP contribution in [-0.4, -0.2) is 14.9 Å². The Hall–Kier alpha value is -1.52. The van der Waals surface area contributed by atoms with E-state index in [0.717, 1.165) is 12.1 Å². The average molecular weight is 281 g/mol. The Kier molecular flexibility index (Phi) is 4.45. The third kappa shape index (κ3) is 3.49. The van der Waals surface area contributed by atoms with Crippen LogP contribution >= 0.6 is 11.6 Å². The molecule has 1 heterocycles. The first-order chi connectivity index (χ1) is 9.10. The van der Waals surface area contributed by atoms with E-state index in [-0.39, 0.29) is 0 Å². The Labute approximate surface area is 117 Å². The Morgan fingerprint density at radius 2 is 2.26 bits per heavy atom. The lowest BCUT2D eigenvalue weighted by atomic mass is 10.1. The molecular weight excluding hydrogens is 264 g/mol. The van der Waals surface area contributed by atoms with Gasteiger partial charge in [-0.2, -0.15) is 5.10 Å². The normalized spacial score (nSPS) is 12.4. The van der Waals surface area contributed by atoms with Crippen LogP contribution in [0.4, 0.5) is 0 Å². The van der Waals surface area contributed by atoms with E-state index in [1.165, 1.54) is 0 Å². The van der Waals surface area contributed by atoms with Crippen LogP contribution < -0.4 is 4.74 Å². The maximum atomic E-state index is 9.71. The molecular formula is C14H17ClN2O2. The second-order valence-corrected chi connectivity index (χ2v) is 4.79. The molecule has 0 unspecified atom stereocenters. The highest BCUT2D eigenvalue weighted by molar-refractivity contribution is 6.30. The predicted octanol–water partition coefficient (Wildman–Crippen LogP) is 3.19. The summed E-state index contributed by atoms with van der Waals surface area (Å²) in [5.74, 6) is 0.642. The summed E-state index contributed by atoms with van der Waals surface area (Å²) in [6.07, 6.45) is 3.10. The van der Waals surface area contributed by atoms with Gasteiger partial charge in [0.25, 0.3) is 0 Å². The third-order valence-corrected chi connectivity index (χ3v) is 3.06. The molecule has 102 valence electrons. The van der Waals surface area contributed by atoms with Crippen molar-refractivity contribution in [2.75, 3.05) is 0 Å². The number of ether oxygens (including phenoxy) is 1. The van der Waals surface area contributed by atoms with E-state index >= 15 is 0 Å². The fourth-order valence-electron chi connectivity index (χ4n) is 1.79. The first-order valence-corrected chi connectivity index (χ1v) is 6.59. The molecule has 1 N–H and O–H groups in total. The van der Waals surface area contributed by atoms with E-state index in [2.05, 4.69) is 5.10 Å². The van der Waals surface area contributed by atoms with Gasteiger partial charge in [0.2, 0.25) is 0 Å². The predicted molar refractivity (Wildman–Crippen MR) is 74.3 cm³/mol. The van der Waals surface area contributed by atoms with Gasteiger partial charge in [0.15, 0.2) is 0 Å². The number of benzene rings is 1. The van der Waals surface area contributed by atoms with E-state index in [0.29, 0.717) is 22.9 Å². The average Bonchev–Trinajstić information content (AvgIpc) is 2.85. The molecule has 4 nitrogen and oxygen atoms in total. The minimum atomic E-state index is -0.618. The number of hydrogen-bond donors (Lipinski definition) is 1. The van der Waals surface area contributed by atoms with E-state index in [1.54, 1.807) is 31.3 Å². The molecule has 0 saturated heterocycles. The topological polar surface area (TPSA) is 47.3 Å². The molecule has 5 heteroatoms. The summed E-state index contributed by atoms with van der Waals surface area (Å²) >= 11 is 5.92. The van der Waals surface area contributed by atoms with Gasteiger partial charge in [-0.15, -0.1) is 0 Å². The van der Waals surface area contributed by atoms with Crippen molar-refractivity contribution in [3.8, 4) is 5.75 Å². The molecule has 0 saturated carbocycles. The number of nitrogens with zero attached hydrogens (tertiary/aromatic N) is 2. The number of aliphatic hydroxyl groups is 1. The van der Waals surface area contributed by atoms with E-state index < -0.39 is 6.10 Å². The minimum Gasteiger partial charge on any atom is -0.488 e. The molecule has 0 amide bonds. The molecule has 0 aliphatic carbocycles. The molecule has 2 aromatic rings. The SMILES string of the molecule is CCn1cc(COc2ccc(Cl)cc2[C@H](C)O)cn1. The molecule has 1 aromatic heterocycles. The standard InChI is InChI=1S/C14H17ClN2O2/c1-3-17-8-11(7-16-17)9-19-14-5-4-12(15)6-13(14)10(2)18/h4-8,10,18H,3,9H2,1-2H3/t10-/m0/s1. The van der Waals surface area contributed by atoms with Crippen LogP contribution in [0.25, 0.3) is 0 Å². The lowest BCUT2D eigenvalue weighted by molar-refractivity contribution is 0.190. The van der Waals surface area contributed by atoms with Crippen molar-refractivity contribution in [1.29, 1.82) is 0 Å². The summed E-state index contributed by atoms with van der Waals surface area (Å²) in [5, 5.41) is 14.5. The van der Waals surface area contributed by atoms with Crippen LogP contribution in [0, 0.1) is 0 Å². The first-order valence-electron chi connectivity index (χ1n) is 6.21. The first kappa shape index (κ1) is 13.9. The number of hydrogen-bond acceptors (Lipinski definition) is 3. The zero-order valence-electron chi connectivity index (χ0n) is 11.0. The zero-order chi connectivity index (χ0) is 13.8. The van der Waals surface area contributed by atoms with Crippen LogP contribution in [0.2, 0.25) is 5.02 Å². The lowest BCUT2D eigenvalue weighted by Crippen LogP contribution is -2.00. The highest BCUT2D eigenvalue weighted by atomic mass is 35.5. The molecule has 19 heavy (non-hydrogen) atoms. The van der Waals surface area contributed by atoms with Crippen molar-refractivity contribution in [2.24, 2.45) is 0 Å². The fraction of sp³-hybridized carbons (Fsp3) is 0.357. The Bertz CT molecular complexity index is 552. The van der Waals surface area contributed by atoms with Crippen LogP contribution in [0.3, 0.4) is 0 Å². The quantitative estimate of drug-likeness (QED) is 0.915. The molecule has 0 aliphatic rings. The monoisotopic (exact) mass is 280 g/mol. The highest BCUT2D eigenvalue weighted by Crippen LogP contribution is 2.28. The second-order valence-electron chi connectivity index (χ2n) is 4.35. The minimum absolute atomic E-state index is 0.418. The van der Waals surface area contributed by atoms with Crippen molar-refractivity contribution in [1.82, 2.24) is 9.78 Å². The van der Waals surface area contributed by atoms with Crippen LogP contribution in [0.15, 0.2) is 30.6 Å². The summed E-state index contributed by atoms with van der Waals surface area (Å²) in [7, 11) is 0. The Morgan fingerprint density at radius 3 is 2.89 bits per heavy atom. The molecule has 0 spiro atoms. The van der Waals surface area contributed by atoms with Gasteiger partial charge < -0.3 is 9.84 Å². The molecule has 0 radical (unpaired) electrons.